The monoisotopic (exact) mass is 184 g/mol. The number of rotatable bonds is 0. The van der Waals surface area contributed by atoms with Gasteiger partial charge in [-0.3, -0.25) is 5.32 Å². The molecule has 0 saturated carbocycles. The van der Waals surface area contributed by atoms with Crippen LogP contribution in [0.3, 0.4) is 0 Å². The van der Waals surface area contributed by atoms with Crippen LogP contribution in [0.5, 0.6) is 0 Å². The Labute approximate surface area is 75.8 Å². The number of hydrogen-bond donors (Lipinski definition) is 3. The van der Waals surface area contributed by atoms with Crippen LogP contribution < -0.4 is 10.6 Å². The topological polar surface area (TPSA) is 86.1 Å². The molecule has 1 heterocycles. The average molecular weight is 184 g/mol. The van der Waals surface area contributed by atoms with Gasteiger partial charge in [-0.2, -0.15) is 0 Å². The molecule has 1 rings (SSSR count). The van der Waals surface area contributed by atoms with Crippen molar-refractivity contribution in [2.75, 3.05) is 7.05 Å². The minimum Gasteiger partial charge on any atom is -0.371 e. The Morgan fingerprint density at radius 1 is 1.69 bits per heavy atom. The number of hydrogen-bond acceptors (Lipinski definition) is 4. The van der Waals surface area contributed by atoms with E-state index < -0.39 is 12.3 Å². The Kier molecular flexibility index (Phi) is 2.97. The van der Waals surface area contributed by atoms with Gasteiger partial charge in [-0.25, -0.2) is 14.8 Å². The van der Waals surface area contributed by atoms with E-state index in [1.807, 2.05) is 0 Å². The van der Waals surface area contributed by atoms with Gasteiger partial charge in [0, 0.05) is 19.2 Å². The molecule has 0 aromatic carbocycles. The molecule has 1 aliphatic rings. The van der Waals surface area contributed by atoms with Crippen LogP contribution in [0, 0.1) is 0 Å². The predicted octanol–water partition coefficient (Wildman–Crippen LogP) is -0.546. The summed E-state index contributed by atoms with van der Waals surface area (Å²) in [5.41, 5.74) is 0.744. The molecule has 6 nitrogen and oxygen atoms in total. The number of nitrogens with zero attached hydrogens (tertiary/aromatic N) is 2. The van der Waals surface area contributed by atoms with Crippen LogP contribution >= 0.6 is 0 Å². The number of carbonyl (C=O) groups is 1. The van der Waals surface area contributed by atoms with Crippen LogP contribution in [0.2, 0.25) is 0 Å². The molecule has 0 bridgehead atoms. The molecule has 0 aromatic heterocycles. The maximum Gasteiger partial charge on any atom is 0.321 e. The summed E-state index contributed by atoms with van der Waals surface area (Å²) >= 11 is 0. The molecule has 2 amide bonds. The summed E-state index contributed by atoms with van der Waals surface area (Å²) in [6, 6.07) is -0.399. The van der Waals surface area contributed by atoms with Crippen molar-refractivity contribution >= 4 is 17.7 Å². The lowest BCUT2D eigenvalue weighted by atomic mass is 10.2. The first kappa shape index (κ1) is 9.66. The van der Waals surface area contributed by atoms with Crippen LogP contribution in [0.1, 0.15) is 13.3 Å². The van der Waals surface area contributed by atoms with Crippen molar-refractivity contribution in [3.8, 4) is 0 Å². The van der Waals surface area contributed by atoms with Gasteiger partial charge < -0.3 is 10.4 Å². The smallest absolute Gasteiger partial charge is 0.321 e. The van der Waals surface area contributed by atoms with Gasteiger partial charge >= 0.3 is 6.03 Å². The molecular formula is C7H12N4O2. The number of carbonyl (C=O) groups excluding carboxylic acids is 1. The van der Waals surface area contributed by atoms with Crippen molar-refractivity contribution in [3.05, 3.63) is 0 Å². The van der Waals surface area contributed by atoms with Gasteiger partial charge in [-0.1, -0.05) is 0 Å². The lowest BCUT2D eigenvalue weighted by Crippen LogP contribution is -2.39. The largest absolute Gasteiger partial charge is 0.371 e. The quantitative estimate of drug-likeness (QED) is 0.472. The number of aliphatic hydroxyl groups excluding tert-OH is 1. The summed E-state index contributed by atoms with van der Waals surface area (Å²) < 4.78 is 0. The maximum atomic E-state index is 10.8. The highest BCUT2D eigenvalue weighted by atomic mass is 16.3. The lowest BCUT2D eigenvalue weighted by Gasteiger charge is -2.13. The second-order valence-electron chi connectivity index (χ2n) is 2.69. The summed E-state index contributed by atoms with van der Waals surface area (Å²) in [6.07, 6.45) is -0.386. The van der Waals surface area contributed by atoms with Crippen LogP contribution in [-0.2, 0) is 0 Å². The maximum absolute atomic E-state index is 10.8. The van der Waals surface area contributed by atoms with E-state index in [1.54, 1.807) is 6.92 Å². The fraction of sp³-hybridized carbons (Fsp3) is 0.571. The first-order valence-electron chi connectivity index (χ1n) is 3.90. The zero-order valence-electron chi connectivity index (χ0n) is 7.53. The number of guanidine groups is 1. The minimum absolute atomic E-state index is 0.149. The third kappa shape index (κ3) is 2.83. The highest BCUT2D eigenvalue weighted by Crippen LogP contribution is 2.03. The molecule has 0 fully saturated rings. The summed E-state index contributed by atoms with van der Waals surface area (Å²) in [4.78, 5) is 18.5. The molecule has 6 heteroatoms. The van der Waals surface area contributed by atoms with E-state index in [0.29, 0.717) is 6.42 Å². The second kappa shape index (κ2) is 3.99. The Morgan fingerprint density at radius 3 is 2.92 bits per heavy atom. The van der Waals surface area contributed by atoms with Crippen molar-refractivity contribution in [1.29, 1.82) is 0 Å². The number of amides is 2. The van der Waals surface area contributed by atoms with Crippen molar-refractivity contribution in [3.63, 3.8) is 0 Å². The number of aliphatic imine (C=N–C) groups is 2. The van der Waals surface area contributed by atoms with Crippen molar-refractivity contribution in [2.24, 2.45) is 9.98 Å². The van der Waals surface area contributed by atoms with Gasteiger partial charge in [0.2, 0.25) is 5.96 Å². The third-order valence-corrected chi connectivity index (χ3v) is 1.50. The van der Waals surface area contributed by atoms with Gasteiger partial charge in [0.1, 0.15) is 0 Å². The second-order valence-corrected chi connectivity index (χ2v) is 2.69. The molecule has 1 atom stereocenters. The Hall–Kier alpha value is -1.43. The lowest BCUT2D eigenvalue weighted by molar-refractivity contribution is 0.190. The standard InChI is InChI=1S/C7H12N4O2/c1-4-3-5(12)10-6(9-4)11-7(13)8-2/h5,12H,3H2,1-2H3,(H2,8,10,11,13). The first-order chi connectivity index (χ1) is 6.11. The minimum atomic E-state index is -0.801. The Bertz CT molecular complexity index is 272. The van der Waals surface area contributed by atoms with Crippen molar-refractivity contribution in [2.45, 2.75) is 19.6 Å². The molecule has 0 radical (unpaired) electrons. The molecule has 0 aliphatic carbocycles. The fourth-order valence-electron chi connectivity index (χ4n) is 0.931. The third-order valence-electron chi connectivity index (χ3n) is 1.50. The predicted molar refractivity (Wildman–Crippen MR) is 48.8 cm³/mol. The van der Waals surface area contributed by atoms with Crippen LogP contribution in [0.15, 0.2) is 9.98 Å². The zero-order valence-corrected chi connectivity index (χ0v) is 7.53. The van der Waals surface area contributed by atoms with E-state index in [1.165, 1.54) is 7.05 Å². The van der Waals surface area contributed by atoms with Gasteiger partial charge in [-0.05, 0) is 6.92 Å². The molecule has 1 unspecified atom stereocenters. The number of nitrogens with one attached hydrogen (secondary N) is 2. The van der Waals surface area contributed by atoms with Crippen LogP contribution in [-0.4, -0.2) is 36.1 Å². The molecule has 0 aromatic rings. The normalized spacial score (nSPS) is 21.6. The average Bonchev–Trinajstić information content (AvgIpc) is 2.02. The van der Waals surface area contributed by atoms with E-state index >= 15 is 0 Å². The van der Waals surface area contributed by atoms with Crippen LogP contribution in [0.25, 0.3) is 0 Å². The summed E-state index contributed by atoms with van der Waals surface area (Å²) in [5.74, 6) is 0.149. The van der Waals surface area contributed by atoms with E-state index in [9.17, 15) is 9.90 Å². The molecule has 72 valence electrons. The SMILES string of the molecule is CNC(=O)NC1=NC(O)CC(C)=N1. The summed E-state index contributed by atoms with van der Waals surface area (Å²) in [6.45, 7) is 1.77. The van der Waals surface area contributed by atoms with Gasteiger partial charge in [-0.15, -0.1) is 0 Å². The van der Waals surface area contributed by atoms with E-state index in [4.69, 9.17) is 0 Å². The molecule has 0 saturated heterocycles. The molecule has 3 N–H and O–H groups in total. The number of urea groups is 1. The molecular weight excluding hydrogens is 172 g/mol. The summed E-state index contributed by atoms with van der Waals surface area (Å²) in [5, 5.41) is 13.9. The molecule has 1 aliphatic heterocycles. The van der Waals surface area contributed by atoms with Crippen molar-refractivity contribution in [1.82, 2.24) is 10.6 Å². The van der Waals surface area contributed by atoms with Crippen molar-refractivity contribution < 1.29 is 9.90 Å². The van der Waals surface area contributed by atoms with E-state index in [0.717, 1.165) is 5.71 Å². The van der Waals surface area contributed by atoms with Gasteiger partial charge in [0.25, 0.3) is 0 Å². The van der Waals surface area contributed by atoms with Gasteiger partial charge in [0.15, 0.2) is 6.23 Å². The van der Waals surface area contributed by atoms with Crippen LogP contribution in [0.4, 0.5) is 4.79 Å². The fourth-order valence-corrected chi connectivity index (χ4v) is 0.931. The highest BCUT2D eigenvalue weighted by Gasteiger charge is 2.13. The first-order valence-corrected chi connectivity index (χ1v) is 3.90. The number of aliphatic hydroxyl groups is 1. The van der Waals surface area contributed by atoms with E-state index in [2.05, 4.69) is 20.6 Å². The zero-order chi connectivity index (χ0) is 9.84. The van der Waals surface area contributed by atoms with Gasteiger partial charge in [0.05, 0.1) is 0 Å². The Morgan fingerprint density at radius 2 is 2.38 bits per heavy atom. The summed E-state index contributed by atoms with van der Waals surface area (Å²) in [7, 11) is 1.49. The molecule has 13 heavy (non-hydrogen) atoms. The molecule has 0 spiro atoms. The highest BCUT2D eigenvalue weighted by molar-refractivity contribution is 6.04. The van der Waals surface area contributed by atoms with E-state index in [-0.39, 0.29) is 5.96 Å². The Balaban J connectivity index is 2.64.